The number of amides is 1. The Hall–Kier alpha value is -3.94. The van der Waals surface area contributed by atoms with Crippen LogP contribution < -0.4 is 5.32 Å². The molecule has 1 aliphatic heterocycles. The van der Waals surface area contributed by atoms with Gasteiger partial charge in [0, 0.05) is 24.9 Å². The van der Waals surface area contributed by atoms with Gasteiger partial charge in [-0.3, -0.25) is 4.79 Å². The fourth-order valence-electron chi connectivity index (χ4n) is 4.16. The van der Waals surface area contributed by atoms with E-state index >= 15 is 0 Å². The van der Waals surface area contributed by atoms with E-state index in [0.717, 1.165) is 27.9 Å². The van der Waals surface area contributed by atoms with E-state index in [9.17, 15) is 9.59 Å². The molecule has 0 radical (unpaired) electrons. The minimum Gasteiger partial charge on any atom is -0.478 e. The van der Waals surface area contributed by atoms with E-state index in [4.69, 9.17) is 15.2 Å². The first-order chi connectivity index (χ1) is 14.4. The van der Waals surface area contributed by atoms with Gasteiger partial charge >= 0.3 is 5.97 Å². The molecule has 150 valence electrons. The van der Waals surface area contributed by atoms with Gasteiger partial charge in [0.25, 0.3) is 0 Å². The minimum atomic E-state index is -0.977. The van der Waals surface area contributed by atoms with Crippen LogP contribution in [0.25, 0.3) is 17.0 Å². The highest BCUT2D eigenvalue weighted by molar-refractivity contribution is 5.95. The summed E-state index contributed by atoms with van der Waals surface area (Å²) in [6.07, 6.45) is 0.272. The number of aromatic nitrogens is 4. The zero-order valence-electron chi connectivity index (χ0n) is 16.5. The lowest BCUT2D eigenvalue weighted by Crippen LogP contribution is -2.25. The van der Waals surface area contributed by atoms with Gasteiger partial charge < -0.3 is 15.0 Å². The van der Waals surface area contributed by atoms with Crippen molar-refractivity contribution in [2.24, 2.45) is 7.05 Å². The number of carbonyl (C=O) groups excluding carboxylic acids is 1. The highest BCUT2D eigenvalue weighted by atomic mass is 16.4. The molecule has 0 fully saturated rings. The number of fused-ring (bicyclic) bond motifs is 2. The van der Waals surface area contributed by atoms with Crippen LogP contribution in [0.4, 0.5) is 5.82 Å². The van der Waals surface area contributed by atoms with Crippen molar-refractivity contribution in [1.82, 2.24) is 19.3 Å². The van der Waals surface area contributed by atoms with Crippen molar-refractivity contribution >= 4 is 28.7 Å². The zero-order valence-corrected chi connectivity index (χ0v) is 16.5. The van der Waals surface area contributed by atoms with Gasteiger partial charge in [0.1, 0.15) is 5.82 Å². The molecule has 0 saturated carbocycles. The van der Waals surface area contributed by atoms with E-state index in [-0.39, 0.29) is 23.8 Å². The van der Waals surface area contributed by atoms with Crippen molar-refractivity contribution in [2.45, 2.75) is 19.3 Å². The molecule has 5 rings (SSSR count). The summed E-state index contributed by atoms with van der Waals surface area (Å²) >= 11 is 0. The van der Waals surface area contributed by atoms with Crippen LogP contribution in [0.3, 0.4) is 0 Å². The summed E-state index contributed by atoms with van der Waals surface area (Å²) in [6.45, 7) is 1.91. The van der Waals surface area contributed by atoms with Crippen molar-refractivity contribution in [1.29, 1.82) is 0 Å². The van der Waals surface area contributed by atoms with Crippen molar-refractivity contribution in [3.05, 3.63) is 70.9 Å². The number of hydrogen-bond donors (Lipinski definition) is 2. The van der Waals surface area contributed by atoms with Crippen molar-refractivity contribution < 1.29 is 14.7 Å². The molecule has 3 heterocycles. The summed E-state index contributed by atoms with van der Waals surface area (Å²) < 4.78 is 3.62. The van der Waals surface area contributed by atoms with Gasteiger partial charge in [-0.1, -0.05) is 24.3 Å². The van der Waals surface area contributed by atoms with Gasteiger partial charge in [-0.25, -0.2) is 9.78 Å². The zero-order chi connectivity index (χ0) is 21.0. The van der Waals surface area contributed by atoms with Crippen molar-refractivity contribution in [2.75, 3.05) is 5.32 Å². The standard InChI is InChI=1S/C22H19N5O3/c1-12-19-15(13-7-9-14(10-8-13)21(29)30)11-18(28)24-20(19)27(25-12)22-23-16-5-3-4-6-17(16)26(22)2/h3-10,15H,11H2,1-2H3,(H,24,28)(H,29,30). The molecule has 1 unspecified atom stereocenters. The fourth-order valence-corrected chi connectivity index (χ4v) is 4.16. The lowest BCUT2D eigenvalue weighted by atomic mass is 9.85. The Kier molecular flexibility index (Phi) is 3.95. The lowest BCUT2D eigenvalue weighted by molar-refractivity contribution is -0.116. The fraction of sp³-hybridized carbons (Fsp3) is 0.182. The van der Waals surface area contributed by atoms with E-state index in [1.807, 2.05) is 42.8 Å². The van der Waals surface area contributed by atoms with Crippen LogP contribution in [0.15, 0.2) is 48.5 Å². The third-order valence-electron chi connectivity index (χ3n) is 5.62. The number of carboxylic acids is 1. The van der Waals surface area contributed by atoms with Gasteiger partial charge in [-0.15, -0.1) is 0 Å². The maximum atomic E-state index is 12.6. The average Bonchev–Trinajstić information content (AvgIpc) is 3.24. The first kappa shape index (κ1) is 18.1. The van der Waals surface area contributed by atoms with Crippen LogP contribution >= 0.6 is 0 Å². The summed E-state index contributed by atoms with van der Waals surface area (Å²) in [6, 6.07) is 14.5. The lowest BCUT2D eigenvalue weighted by Gasteiger charge is -2.24. The normalized spacial score (nSPS) is 15.8. The second kappa shape index (κ2) is 6.55. The molecule has 0 bridgehead atoms. The summed E-state index contributed by atoms with van der Waals surface area (Å²) in [5.74, 6) is -0.0820. The molecule has 2 N–H and O–H groups in total. The molecule has 0 aliphatic carbocycles. The Morgan fingerprint density at radius 2 is 1.90 bits per heavy atom. The number of carboxylic acid groups (broad SMARTS) is 1. The number of aromatic carboxylic acids is 1. The maximum Gasteiger partial charge on any atom is 0.335 e. The second-order valence-corrected chi connectivity index (χ2v) is 7.45. The Balaban J connectivity index is 1.66. The first-order valence-corrected chi connectivity index (χ1v) is 9.58. The third-order valence-corrected chi connectivity index (χ3v) is 5.62. The highest BCUT2D eigenvalue weighted by Gasteiger charge is 2.33. The third kappa shape index (κ3) is 2.68. The number of anilines is 1. The number of carbonyl (C=O) groups is 2. The van der Waals surface area contributed by atoms with Gasteiger partial charge in [0.15, 0.2) is 0 Å². The summed E-state index contributed by atoms with van der Waals surface area (Å²) in [5, 5.41) is 16.8. The summed E-state index contributed by atoms with van der Waals surface area (Å²) in [4.78, 5) is 28.4. The molecule has 1 atom stereocenters. The van der Waals surface area contributed by atoms with E-state index in [1.165, 1.54) is 0 Å². The molecule has 2 aromatic carbocycles. The Morgan fingerprint density at radius 1 is 1.17 bits per heavy atom. The van der Waals surface area contributed by atoms with Crippen LogP contribution in [0.5, 0.6) is 0 Å². The quantitative estimate of drug-likeness (QED) is 0.549. The predicted octanol–water partition coefficient (Wildman–Crippen LogP) is 3.24. The van der Waals surface area contributed by atoms with Gasteiger partial charge in [-0.2, -0.15) is 9.78 Å². The molecule has 1 amide bonds. The molecular weight excluding hydrogens is 382 g/mol. The minimum absolute atomic E-state index is 0.116. The molecular formula is C22H19N5O3. The number of benzene rings is 2. The molecule has 1 aliphatic rings. The monoisotopic (exact) mass is 401 g/mol. The number of aryl methyl sites for hydroxylation is 2. The van der Waals surface area contributed by atoms with Crippen LogP contribution in [0.2, 0.25) is 0 Å². The largest absolute Gasteiger partial charge is 0.478 e. The molecule has 0 saturated heterocycles. The highest BCUT2D eigenvalue weighted by Crippen LogP contribution is 2.40. The Morgan fingerprint density at radius 3 is 2.60 bits per heavy atom. The van der Waals surface area contributed by atoms with Crippen LogP contribution in [0.1, 0.15) is 39.5 Å². The Labute approximate surface area is 171 Å². The summed E-state index contributed by atoms with van der Waals surface area (Å²) in [5.41, 5.74) is 4.63. The molecule has 4 aromatic rings. The number of rotatable bonds is 3. The SMILES string of the molecule is Cc1nn(-c2nc3ccccc3n2C)c2c1C(c1ccc(C(=O)O)cc1)CC(=O)N2. The van der Waals surface area contributed by atoms with E-state index in [1.54, 1.807) is 28.9 Å². The van der Waals surface area contributed by atoms with Crippen LogP contribution in [0, 0.1) is 6.92 Å². The van der Waals surface area contributed by atoms with Crippen molar-refractivity contribution in [3.8, 4) is 5.95 Å². The Bertz CT molecular complexity index is 1320. The number of para-hydroxylation sites is 2. The van der Waals surface area contributed by atoms with Crippen LogP contribution in [-0.4, -0.2) is 36.3 Å². The van der Waals surface area contributed by atoms with Gasteiger partial charge in [0.05, 0.1) is 22.3 Å². The first-order valence-electron chi connectivity index (χ1n) is 9.58. The summed E-state index contributed by atoms with van der Waals surface area (Å²) in [7, 11) is 1.92. The molecule has 8 heteroatoms. The average molecular weight is 401 g/mol. The van der Waals surface area contributed by atoms with E-state index in [0.29, 0.717) is 11.8 Å². The van der Waals surface area contributed by atoms with Crippen LogP contribution in [-0.2, 0) is 11.8 Å². The predicted molar refractivity (Wildman–Crippen MR) is 111 cm³/mol. The van der Waals surface area contributed by atoms with Gasteiger partial charge in [-0.05, 0) is 36.8 Å². The van der Waals surface area contributed by atoms with Crippen molar-refractivity contribution in [3.63, 3.8) is 0 Å². The van der Waals surface area contributed by atoms with E-state index in [2.05, 4.69) is 5.32 Å². The molecule has 30 heavy (non-hydrogen) atoms. The molecule has 8 nitrogen and oxygen atoms in total. The second-order valence-electron chi connectivity index (χ2n) is 7.45. The number of nitrogens with zero attached hydrogens (tertiary/aromatic N) is 4. The van der Waals surface area contributed by atoms with Gasteiger partial charge in [0.2, 0.25) is 11.9 Å². The number of hydrogen-bond acceptors (Lipinski definition) is 4. The smallest absolute Gasteiger partial charge is 0.335 e. The number of nitrogens with one attached hydrogen (secondary N) is 1. The number of imidazole rings is 1. The van der Waals surface area contributed by atoms with E-state index < -0.39 is 5.97 Å². The molecule has 2 aromatic heterocycles. The topological polar surface area (TPSA) is 102 Å². The maximum absolute atomic E-state index is 12.6. The molecule has 0 spiro atoms.